The molecule has 1 aliphatic heterocycles. The van der Waals surface area contributed by atoms with E-state index in [9.17, 15) is 9.18 Å². The number of halogens is 1. The molecule has 0 aliphatic carbocycles. The van der Waals surface area contributed by atoms with Crippen molar-refractivity contribution in [2.75, 3.05) is 11.4 Å². The molecule has 0 saturated heterocycles. The lowest BCUT2D eigenvalue weighted by Gasteiger charge is -2.20. The maximum atomic E-state index is 13.9. The SMILES string of the molecule is O=C(NO)c1ccc(CN2CCc3cccc(F)c32)cc1. The van der Waals surface area contributed by atoms with Crippen molar-refractivity contribution in [2.24, 2.45) is 0 Å². The summed E-state index contributed by atoms with van der Waals surface area (Å²) in [6.45, 7) is 1.38. The van der Waals surface area contributed by atoms with Crippen molar-refractivity contribution >= 4 is 11.6 Å². The number of carbonyl (C=O) groups is 1. The molecule has 0 spiro atoms. The van der Waals surface area contributed by atoms with Crippen LogP contribution in [0.15, 0.2) is 42.5 Å². The van der Waals surface area contributed by atoms with Gasteiger partial charge in [0.25, 0.3) is 5.91 Å². The first-order chi connectivity index (χ1) is 10.2. The summed E-state index contributed by atoms with van der Waals surface area (Å²) in [7, 11) is 0. The van der Waals surface area contributed by atoms with Gasteiger partial charge in [-0.3, -0.25) is 10.0 Å². The van der Waals surface area contributed by atoms with Gasteiger partial charge >= 0.3 is 0 Å². The maximum absolute atomic E-state index is 13.9. The Kier molecular flexibility index (Phi) is 3.58. The first-order valence-electron chi connectivity index (χ1n) is 6.75. The van der Waals surface area contributed by atoms with Crippen molar-refractivity contribution in [1.29, 1.82) is 0 Å². The predicted octanol–water partition coefficient (Wildman–Crippen LogP) is 2.51. The molecular formula is C16H15FN2O2. The lowest BCUT2D eigenvalue weighted by molar-refractivity contribution is 0.0706. The van der Waals surface area contributed by atoms with Gasteiger partial charge in [-0.15, -0.1) is 0 Å². The Labute approximate surface area is 121 Å². The van der Waals surface area contributed by atoms with Gasteiger partial charge < -0.3 is 4.90 Å². The van der Waals surface area contributed by atoms with E-state index in [2.05, 4.69) is 0 Å². The van der Waals surface area contributed by atoms with Crippen LogP contribution in [-0.4, -0.2) is 17.7 Å². The Hall–Kier alpha value is -2.40. The van der Waals surface area contributed by atoms with Crippen LogP contribution in [0.25, 0.3) is 0 Å². The van der Waals surface area contributed by atoms with Gasteiger partial charge in [-0.1, -0.05) is 24.3 Å². The third kappa shape index (κ3) is 2.60. The Morgan fingerprint density at radius 3 is 2.71 bits per heavy atom. The molecule has 1 amide bonds. The number of fused-ring (bicyclic) bond motifs is 1. The Morgan fingerprint density at radius 1 is 1.24 bits per heavy atom. The summed E-state index contributed by atoms with van der Waals surface area (Å²) in [5.74, 6) is -0.736. The van der Waals surface area contributed by atoms with Crippen molar-refractivity contribution in [3.8, 4) is 0 Å². The molecule has 0 saturated carbocycles. The summed E-state index contributed by atoms with van der Waals surface area (Å²) in [6, 6.07) is 12.1. The Balaban J connectivity index is 1.79. The minimum absolute atomic E-state index is 0.193. The van der Waals surface area contributed by atoms with E-state index in [4.69, 9.17) is 5.21 Å². The van der Waals surface area contributed by atoms with Crippen LogP contribution in [0.4, 0.5) is 10.1 Å². The van der Waals surface area contributed by atoms with Gasteiger partial charge in [0.15, 0.2) is 0 Å². The van der Waals surface area contributed by atoms with Crippen LogP contribution >= 0.6 is 0 Å². The van der Waals surface area contributed by atoms with E-state index < -0.39 is 5.91 Å². The zero-order chi connectivity index (χ0) is 14.8. The third-order valence-electron chi connectivity index (χ3n) is 3.73. The van der Waals surface area contributed by atoms with Crippen LogP contribution in [-0.2, 0) is 13.0 Å². The van der Waals surface area contributed by atoms with E-state index in [0.29, 0.717) is 17.8 Å². The second-order valence-corrected chi connectivity index (χ2v) is 5.06. The number of hydroxylamine groups is 1. The first-order valence-corrected chi connectivity index (χ1v) is 6.75. The molecule has 0 bridgehead atoms. The summed E-state index contributed by atoms with van der Waals surface area (Å²) < 4.78 is 13.9. The van der Waals surface area contributed by atoms with E-state index in [1.165, 1.54) is 6.07 Å². The van der Waals surface area contributed by atoms with E-state index in [1.807, 2.05) is 23.1 Å². The number of nitrogens with zero attached hydrogens (tertiary/aromatic N) is 1. The second kappa shape index (κ2) is 5.54. The molecule has 0 aromatic heterocycles. The summed E-state index contributed by atoms with van der Waals surface area (Å²) in [4.78, 5) is 13.3. The van der Waals surface area contributed by atoms with Crippen molar-refractivity contribution < 1.29 is 14.4 Å². The van der Waals surface area contributed by atoms with Gasteiger partial charge in [0.1, 0.15) is 5.82 Å². The average molecular weight is 286 g/mol. The second-order valence-electron chi connectivity index (χ2n) is 5.06. The molecule has 2 aromatic rings. The van der Waals surface area contributed by atoms with Crippen molar-refractivity contribution in [3.05, 3.63) is 65.0 Å². The van der Waals surface area contributed by atoms with E-state index >= 15 is 0 Å². The number of anilines is 1. The van der Waals surface area contributed by atoms with Gasteiger partial charge in [-0.05, 0) is 35.7 Å². The standard InChI is InChI=1S/C16H15FN2O2/c17-14-3-1-2-12-8-9-19(15(12)14)10-11-4-6-13(7-5-11)16(20)18-21/h1-7,21H,8-10H2,(H,18,20). The molecule has 0 unspecified atom stereocenters. The molecule has 21 heavy (non-hydrogen) atoms. The summed E-state index contributed by atoms with van der Waals surface area (Å²) >= 11 is 0. The fourth-order valence-electron chi connectivity index (χ4n) is 2.69. The van der Waals surface area contributed by atoms with Crippen LogP contribution in [0, 0.1) is 5.82 Å². The number of rotatable bonds is 3. The topological polar surface area (TPSA) is 52.6 Å². The number of hydrogen-bond acceptors (Lipinski definition) is 3. The van der Waals surface area contributed by atoms with Crippen LogP contribution < -0.4 is 10.4 Å². The van der Waals surface area contributed by atoms with Gasteiger partial charge in [-0.25, -0.2) is 9.87 Å². The number of hydrogen-bond donors (Lipinski definition) is 2. The van der Waals surface area contributed by atoms with E-state index in [0.717, 1.165) is 24.1 Å². The number of carbonyl (C=O) groups excluding carboxylic acids is 1. The minimum atomic E-state index is -0.542. The smallest absolute Gasteiger partial charge is 0.274 e. The van der Waals surface area contributed by atoms with Gasteiger partial charge in [0.2, 0.25) is 0 Å². The molecule has 0 radical (unpaired) electrons. The molecule has 2 N–H and O–H groups in total. The highest BCUT2D eigenvalue weighted by Gasteiger charge is 2.22. The van der Waals surface area contributed by atoms with Crippen LogP contribution in [0.2, 0.25) is 0 Å². The number of benzene rings is 2. The largest absolute Gasteiger partial charge is 0.364 e. The highest BCUT2D eigenvalue weighted by atomic mass is 19.1. The predicted molar refractivity (Wildman–Crippen MR) is 76.8 cm³/mol. The van der Waals surface area contributed by atoms with Crippen molar-refractivity contribution in [1.82, 2.24) is 5.48 Å². The fourth-order valence-corrected chi connectivity index (χ4v) is 2.69. The number of nitrogens with one attached hydrogen (secondary N) is 1. The third-order valence-corrected chi connectivity index (χ3v) is 3.73. The average Bonchev–Trinajstić information content (AvgIpc) is 2.92. The van der Waals surface area contributed by atoms with Gasteiger partial charge in [0.05, 0.1) is 5.69 Å². The number of amides is 1. The van der Waals surface area contributed by atoms with Crippen LogP contribution in [0.1, 0.15) is 21.5 Å². The van der Waals surface area contributed by atoms with Crippen molar-refractivity contribution in [2.45, 2.75) is 13.0 Å². The van der Waals surface area contributed by atoms with E-state index in [-0.39, 0.29) is 5.82 Å². The van der Waals surface area contributed by atoms with Crippen LogP contribution in [0.3, 0.4) is 0 Å². The highest BCUT2D eigenvalue weighted by Crippen LogP contribution is 2.31. The molecule has 0 atom stereocenters. The molecule has 4 nitrogen and oxygen atoms in total. The maximum Gasteiger partial charge on any atom is 0.274 e. The first kappa shape index (κ1) is 13.6. The Morgan fingerprint density at radius 2 is 2.00 bits per heavy atom. The number of para-hydroxylation sites is 1. The van der Waals surface area contributed by atoms with Gasteiger partial charge in [-0.2, -0.15) is 0 Å². The van der Waals surface area contributed by atoms with Gasteiger partial charge in [0, 0.05) is 18.7 Å². The summed E-state index contributed by atoms with van der Waals surface area (Å²) in [5, 5.41) is 8.58. The minimum Gasteiger partial charge on any atom is -0.364 e. The monoisotopic (exact) mass is 286 g/mol. The lowest BCUT2D eigenvalue weighted by atomic mass is 10.1. The molecule has 1 aliphatic rings. The molecule has 3 rings (SSSR count). The highest BCUT2D eigenvalue weighted by molar-refractivity contribution is 5.93. The van der Waals surface area contributed by atoms with Crippen molar-refractivity contribution in [3.63, 3.8) is 0 Å². The molecule has 5 heteroatoms. The zero-order valence-electron chi connectivity index (χ0n) is 11.3. The Bertz CT molecular complexity index is 670. The van der Waals surface area contributed by atoms with Crippen LogP contribution in [0.5, 0.6) is 0 Å². The summed E-state index contributed by atoms with van der Waals surface area (Å²) in [5.41, 5.74) is 4.67. The zero-order valence-corrected chi connectivity index (χ0v) is 11.3. The quantitative estimate of drug-likeness (QED) is 0.673. The molecule has 1 heterocycles. The van der Waals surface area contributed by atoms with E-state index in [1.54, 1.807) is 23.7 Å². The lowest BCUT2D eigenvalue weighted by Crippen LogP contribution is -2.21. The molecule has 108 valence electrons. The fraction of sp³-hybridized carbons (Fsp3) is 0.188. The molecule has 0 fully saturated rings. The normalized spacial score (nSPS) is 13.1. The molecule has 2 aromatic carbocycles. The molecular weight excluding hydrogens is 271 g/mol. The summed E-state index contributed by atoms with van der Waals surface area (Å²) in [6.07, 6.45) is 0.845.